The molecule has 0 aliphatic heterocycles. The predicted octanol–water partition coefficient (Wildman–Crippen LogP) is 1.03. The summed E-state index contributed by atoms with van der Waals surface area (Å²) in [6.45, 7) is 6.06. The van der Waals surface area contributed by atoms with Crippen molar-refractivity contribution in [3.8, 4) is 0 Å². The molecule has 0 heterocycles. The van der Waals surface area contributed by atoms with E-state index < -0.39 is 12.0 Å². The zero-order valence-corrected chi connectivity index (χ0v) is 10.2. The number of carbonyl (C=O) groups is 2. The first-order chi connectivity index (χ1) is 7.52. The van der Waals surface area contributed by atoms with E-state index in [-0.39, 0.29) is 18.4 Å². The molecule has 0 aromatic carbocycles. The summed E-state index contributed by atoms with van der Waals surface area (Å²) in [6, 6.07) is -0.831. The number of carboxylic acid groups (broad SMARTS) is 1. The summed E-state index contributed by atoms with van der Waals surface area (Å²) in [6.07, 6.45) is 1.54. The molecular weight excluding hydrogens is 210 g/mol. The Hall–Kier alpha value is -1.10. The van der Waals surface area contributed by atoms with Gasteiger partial charge in [0.25, 0.3) is 0 Å². The van der Waals surface area contributed by atoms with Crippen molar-refractivity contribution in [2.24, 2.45) is 5.92 Å². The van der Waals surface area contributed by atoms with Gasteiger partial charge in [0.2, 0.25) is 5.91 Å². The molecule has 94 valence electrons. The summed E-state index contributed by atoms with van der Waals surface area (Å²) in [5.41, 5.74) is 0. The molecule has 5 nitrogen and oxygen atoms in total. The molecule has 0 spiro atoms. The van der Waals surface area contributed by atoms with Crippen molar-refractivity contribution in [3.63, 3.8) is 0 Å². The zero-order valence-electron chi connectivity index (χ0n) is 10.2. The van der Waals surface area contributed by atoms with Crippen LogP contribution in [0.15, 0.2) is 0 Å². The standard InChI is InChI=1S/C11H21NO4/c1-4-6-16-7-9(13)12-10(11(14)15)8(3)5-2/h8,10H,4-7H2,1-3H3,(H,12,13)(H,14,15)/t8?,10-/m0/s1. The SMILES string of the molecule is CCCOCC(=O)N[C@H](C(=O)O)C(C)CC. The number of aliphatic carboxylic acids is 1. The molecule has 5 heteroatoms. The van der Waals surface area contributed by atoms with Crippen LogP contribution < -0.4 is 5.32 Å². The fourth-order valence-electron chi connectivity index (χ4n) is 1.21. The molecule has 0 saturated heterocycles. The summed E-state index contributed by atoms with van der Waals surface area (Å²) >= 11 is 0. The Balaban J connectivity index is 4.09. The van der Waals surface area contributed by atoms with Gasteiger partial charge in [-0.3, -0.25) is 4.79 Å². The Kier molecular flexibility index (Phi) is 7.54. The van der Waals surface area contributed by atoms with Gasteiger partial charge in [-0.1, -0.05) is 27.2 Å². The van der Waals surface area contributed by atoms with Gasteiger partial charge in [0.1, 0.15) is 12.6 Å². The largest absolute Gasteiger partial charge is 0.480 e. The van der Waals surface area contributed by atoms with Crippen LogP contribution in [-0.4, -0.2) is 36.2 Å². The van der Waals surface area contributed by atoms with E-state index >= 15 is 0 Å². The zero-order chi connectivity index (χ0) is 12.6. The number of ether oxygens (including phenoxy) is 1. The molecule has 0 bridgehead atoms. The molecule has 1 amide bonds. The van der Waals surface area contributed by atoms with Gasteiger partial charge in [0.05, 0.1) is 0 Å². The fourth-order valence-corrected chi connectivity index (χ4v) is 1.21. The summed E-state index contributed by atoms with van der Waals surface area (Å²) in [5.74, 6) is -1.47. The average Bonchev–Trinajstić information content (AvgIpc) is 2.25. The summed E-state index contributed by atoms with van der Waals surface area (Å²) in [5, 5.41) is 11.4. The maximum Gasteiger partial charge on any atom is 0.326 e. The van der Waals surface area contributed by atoms with Crippen LogP contribution in [0.1, 0.15) is 33.6 Å². The minimum Gasteiger partial charge on any atom is -0.480 e. The molecule has 16 heavy (non-hydrogen) atoms. The number of amides is 1. The number of rotatable bonds is 8. The Bertz CT molecular complexity index is 230. The van der Waals surface area contributed by atoms with Crippen molar-refractivity contribution >= 4 is 11.9 Å². The highest BCUT2D eigenvalue weighted by molar-refractivity contribution is 5.84. The molecule has 0 rings (SSSR count). The molecule has 2 N–H and O–H groups in total. The van der Waals surface area contributed by atoms with E-state index in [0.29, 0.717) is 13.0 Å². The van der Waals surface area contributed by atoms with Crippen molar-refractivity contribution in [2.75, 3.05) is 13.2 Å². The maximum atomic E-state index is 11.4. The first kappa shape index (κ1) is 14.9. The van der Waals surface area contributed by atoms with Crippen LogP contribution in [0, 0.1) is 5.92 Å². The molecule has 2 atom stereocenters. The molecule has 0 fully saturated rings. The van der Waals surface area contributed by atoms with E-state index in [0.717, 1.165) is 6.42 Å². The van der Waals surface area contributed by atoms with Crippen molar-refractivity contribution < 1.29 is 19.4 Å². The Morgan fingerprint density at radius 3 is 2.44 bits per heavy atom. The Morgan fingerprint density at radius 2 is 2.00 bits per heavy atom. The van der Waals surface area contributed by atoms with Crippen LogP contribution in [0.4, 0.5) is 0 Å². The molecule has 0 saturated carbocycles. The van der Waals surface area contributed by atoms with Gasteiger partial charge in [0, 0.05) is 6.61 Å². The van der Waals surface area contributed by atoms with E-state index in [2.05, 4.69) is 5.32 Å². The van der Waals surface area contributed by atoms with E-state index in [1.54, 1.807) is 6.92 Å². The van der Waals surface area contributed by atoms with Crippen LogP contribution in [0.25, 0.3) is 0 Å². The molecule has 0 aromatic rings. The number of carbonyl (C=O) groups excluding carboxylic acids is 1. The van der Waals surface area contributed by atoms with E-state index in [1.807, 2.05) is 13.8 Å². The lowest BCUT2D eigenvalue weighted by atomic mass is 9.99. The predicted molar refractivity (Wildman–Crippen MR) is 60.1 cm³/mol. The lowest BCUT2D eigenvalue weighted by molar-refractivity contribution is -0.144. The minimum atomic E-state index is -1.00. The third-order valence-electron chi connectivity index (χ3n) is 2.38. The number of hydrogen-bond donors (Lipinski definition) is 2. The van der Waals surface area contributed by atoms with Gasteiger partial charge in [-0.2, -0.15) is 0 Å². The van der Waals surface area contributed by atoms with Gasteiger partial charge in [-0.15, -0.1) is 0 Å². The molecule has 1 unspecified atom stereocenters. The highest BCUT2D eigenvalue weighted by atomic mass is 16.5. The third kappa shape index (κ3) is 5.70. The smallest absolute Gasteiger partial charge is 0.326 e. The van der Waals surface area contributed by atoms with Crippen LogP contribution in [0.5, 0.6) is 0 Å². The van der Waals surface area contributed by atoms with Crippen molar-refractivity contribution in [2.45, 2.75) is 39.7 Å². The summed E-state index contributed by atoms with van der Waals surface area (Å²) in [7, 11) is 0. The van der Waals surface area contributed by atoms with Gasteiger partial charge >= 0.3 is 5.97 Å². The van der Waals surface area contributed by atoms with Gasteiger partial charge in [0.15, 0.2) is 0 Å². The maximum absolute atomic E-state index is 11.4. The Labute approximate surface area is 96.2 Å². The lowest BCUT2D eigenvalue weighted by Gasteiger charge is -2.19. The second kappa shape index (κ2) is 8.10. The van der Waals surface area contributed by atoms with Crippen molar-refractivity contribution in [1.82, 2.24) is 5.32 Å². The van der Waals surface area contributed by atoms with Crippen LogP contribution >= 0.6 is 0 Å². The van der Waals surface area contributed by atoms with Crippen LogP contribution in [0.2, 0.25) is 0 Å². The third-order valence-corrected chi connectivity index (χ3v) is 2.38. The molecule has 0 aromatic heterocycles. The van der Waals surface area contributed by atoms with E-state index in [4.69, 9.17) is 9.84 Å². The summed E-state index contributed by atoms with van der Waals surface area (Å²) in [4.78, 5) is 22.3. The second-order valence-electron chi connectivity index (χ2n) is 3.82. The summed E-state index contributed by atoms with van der Waals surface area (Å²) < 4.78 is 5.03. The lowest BCUT2D eigenvalue weighted by Crippen LogP contribution is -2.46. The Morgan fingerprint density at radius 1 is 1.38 bits per heavy atom. The van der Waals surface area contributed by atoms with Gasteiger partial charge in [-0.05, 0) is 12.3 Å². The van der Waals surface area contributed by atoms with Gasteiger partial charge in [-0.25, -0.2) is 4.79 Å². The molecule has 0 aliphatic carbocycles. The van der Waals surface area contributed by atoms with Gasteiger partial charge < -0.3 is 15.2 Å². The molecule has 0 aliphatic rings. The topological polar surface area (TPSA) is 75.6 Å². The van der Waals surface area contributed by atoms with Crippen molar-refractivity contribution in [1.29, 1.82) is 0 Å². The van der Waals surface area contributed by atoms with Crippen LogP contribution in [0.3, 0.4) is 0 Å². The van der Waals surface area contributed by atoms with E-state index in [1.165, 1.54) is 0 Å². The fraction of sp³-hybridized carbons (Fsp3) is 0.818. The average molecular weight is 231 g/mol. The first-order valence-electron chi connectivity index (χ1n) is 5.62. The normalized spacial score (nSPS) is 14.2. The highest BCUT2D eigenvalue weighted by Crippen LogP contribution is 2.07. The quantitative estimate of drug-likeness (QED) is 0.612. The number of hydrogen-bond acceptors (Lipinski definition) is 3. The number of carboxylic acids is 1. The van der Waals surface area contributed by atoms with E-state index in [9.17, 15) is 9.59 Å². The minimum absolute atomic E-state index is 0.0753. The second-order valence-corrected chi connectivity index (χ2v) is 3.82. The molecular formula is C11H21NO4. The highest BCUT2D eigenvalue weighted by Gasteiger charge is 2.24. The van der Waals surface area contributed by atoms with Crippen LogP contribution in [-0.2, 0) is 14.3 Å². The monoisotopic (exact) mass is 231 g/mol. The van der Waals surface area contributed by atoms with Crippen molar-refractivity contribution in [3.05, 3.63) is 0 Å². The molecule has 0 radical (unpaired) electrons. The number of nitrogens with one attached hydrogen (secondary N) is 1. The first-order valence-corrected chi connectivity index (χ1v) is 5.62.